The van der Waals surface area contributed by atoms with Gasteiger partial charge in [-0.15, -0.1) is 6.42 Å². The van der Waals surface area contributed by atoms with Crippen molar-refractivity contribution in [3.63, 3.8) is 0 Å². The summed E-state index contributed by atoms with van der Waals surface area (Å²) in [5, 5.41) is 14.6. The first-order chi connectivity index (χ1) is 17.4. The minimum absolute atomic E-state index is 0.00130. The van der Waals surface area contributed by atoms with Gasteiger partial charge in [0.25, 0.3) is 0 Å². The quantitative estimate of drug-likeness (QED) is 0.381. The number of fused-ring (bicyclic) bond motifs is 2. The van der Waals surface area contributed by atoms with Crippen molar-refractivity contribution < 1.29 is 23.4 Å². The number of rotatable bonds is 6. The Hall–Kier alpha value is -4.16. The van der Waals surface area contributed by atoms with E-state index in [0.717, 1.165) is 25.9 Å². The van der Waals surface area contributed by atoms with Gasteiger partial charge in [0.2, 0.25) is 0 Å². The molecule has 0 saturated carbocycles. The Morgan fingerprint density at radius 3 is 2.86 bits per heavy atom. The summed E-state index contributed by atoms with van der Waals surface area (Å²) in [7, 11) is 1.43. The molecule has 1 aliphatic heterocycles. The van der Waals surface area contributed by atoms with Crippen LogP contribution < -0.4 is 15.7 Å². The lowest BCUT2D eigenvalue weighted by Crippen LogP contribution is -2.16. The van der Waals surface area contributed by atoms with E-state index in [0.29, 0.717) is 28.4 Å². The van der Waals surface area contributed by atoms with Crippen LogP contribution in [0.15, 0.2) is 33.5 Å². The van der Waals surface area contributed by atoms with Gasteiger partial charge in [-0.2, -0.15) is 9.97 Å². The van der Waals surface area contributed by atoms with Crippen LogP contribution in [0.25, 0.3) is 33.0 Å². The summed E-state index contributed by atoms with van der Waals surface area (Å²) in [6, 6.07) is 5.66. The molecule has 2 N–H and O–H groups in total. The van der Waals surface area contributed by atoms with Gasteiger partial charge in [0.15, 0.2) is 0 Å². The molecular formula is C27H24FN3O5. The van der Waals surface area contributed by atoms with Crippen LogP contribution in [-0.2, 0) is 4.74 Å². The smallest absolute Gasteiger partial charge is 0.349 e. The maximum Gasteiger partial charge on any atom is 0.349 e. The van der Waals surface area contributed by atoms with E-state index < -0.39 is 11.4 Å². The molecule has 1 fully saturated rings. The van der Waals surface area contributed by atoms with Crippen LogP contribution in [0.3, 0.4) is 0 Å². The molecule has 184 valence electrons. The van der Waals surface area contributed by atoms with Gasteiger partial charge in [-0.3, -0.25) is 0 Å². The van der Waals surface area contributed by atoms with Gasteiger partial charge in [-0.25, -0.2) is 9.18 Å². The molecule has 5 rings (SSSR count). The minimum atomic E-state index is -0.692. The second-order valence-corrected chi connectivity index (χ2v) is 8.63. The molecular weight excluding hydrogens is 465 g/mol. The maximum atomic E-state index is 14.6. The zero-order valence-electron chi connectivity index (χ0n) is 19.9. The third-order valence-corrected chi connectivity index (χ3v) is 6.39. The number of hydrogen-bond acceptors (Lipinski definition) is 8. The number of nitrogens with zero attached hydrogens (tertiary/aromatic N) is 2. The van der Waals surface area contributed by atoms with Crippen LogP contribution >= 0.6 is 0 Å². The number of phenolic OH excluding ortho intramolecular Hbond substituents is 1. The predicted octanol–water partition coefficient (Wildman–Crippen LogP) is 4.53. The van der Waals surface area contributed by atoms with E-state index >= 15 is 0 Å². The van der Waals surface area contributed by atoms with E-state index in [1.807, 2.05) is 0 Å². The summed E-state index contributed by atoms with van der Waals surface area (Å²) in [6.07, 6.45) is 8.57. The van der Waals surface area contributed by atoms with Gasteiger partial charge in [0, 0.05) is 29.7 Å². The molecule has 0 radical (unpaired) electrons. The first kappa shape index (κ1) is 23.6. The van der Waals surface area contributed by atoms with Crippen molar-refractivity contribution in [3.05, 3.63) is 51.6 Å². The number of ether oxygens (including phenoxy) is 2. The van der Waals surface area contributed by atoms with Gasteiger partial charge < -0.3 is 24.3 Å². The Morgan fingerprint density at radius 1 is 1.31 bits per heavy atom. The zero-order chi connectivity index (χ0) is 25.4. The number of hydrogen-bond donors (Lipinski definition) is 2. The summed E-state index contributed by atoms with van der Waals surface area (Å²) in [6.45, 7) is 3.01. The van der Waals surface area contributed by atoms with E-state index in [9.17, 15) is 14.3 Å². The van der Waals surface area contributed by atoms with Gasteiger partial charge in [-0.05, 0) is 49.8 Å². The highest BCUT2D eigenvalue weighted by molar-refractivity contribution is 6.03. The fraction of sp³-hybridized carbons (Fsp3) is 0.296. The molecule has 1 atom stereocenters. The van der Waals surface area contributed by atoms with E-state index in [1.54, 1.807) is 6.92 Å². The molecule has 0 amide bonds. The lowest BCUT2D eigenvalue weighted by Gasteiger charge is -2.15. The third-order valence-electron chi connectivity index (χ3n) is 6.39. The van der Waals surface area contributed by atoms with Crippen molar-refractivity contribution in [2.75, 3.05) is 25.6 Å². The normalized spacial score (nSPS) is 15.3. The number of aromatic nitrogens is 2. The van der Waals surface area contributed by atoms with Crippen LogP contribution in [0, 0.1) is 25.1 Å². The van der Waals surface area contributed by atoms with Crippen molar-refractivity contribution in [2.45, 2.75) is 32.3 Å². The lowest BCUT2D eigenvalue weighted by atomic mass is 9.95. The number of halogens is 1. The number of aryl methyl sites for hydroxylation is 1. The van der Waals surface area contributed by atoms with E-state index in [2.05, 4.69) is 21.2 Å². The Morgan fingerprint density at radius 2 is 2.14 bits per heavy atom. The fourth-order valence-electron chi connectivity index (χ4n) is 4.68. The molecule has 36 heavy (non-hydrogen) atoms. The number of phenols is 1. The standard InChI is InChI=1S/C27H24FN3O5/c1-4-18-20(28)8-7-15-12-16(32)13-19(21(15)18)24-14(2)23-22(26(33)36-24)25(31-27(30-23)34-3)29-10-9-17-6-5-11-35-17/h1,7-8,12-13,17,32H,5-6,9-11H2,2-3H3,(H,29,30,31). The van der Waals surface area contributed by atoms with Crippen LogP contribution in [-0.4, -0.2) is 41.4 Å². The molecule has 1 saturated heterocycles. The van der Waals surface area contributed by atoms with Gasteiger partial charge >= 0.3 is 11.6 Å². The highest BCUT2D eigenvalue weighted by atomic mass is 19.1. The summed E-state index contributed by atoms with van der Waals surface area (Å²) >= 11 is 0. The minimum Gasteiger partial charge on any atom is -0.508 e. The predicted molar refractivity (Wildman–Crippen MR) is 134 cm³/mol. The Labute approximate surface area is 206 Å². The molecule has 9 heteroatoms. The van der Waals surface area contributed by atoms with Crippen LogP contribution in [0.1, 0.15) is 30.4 Å². The van der Waals surface area contributed by atoms with Crippen LogP contribution in [0.2, 0.25) is 0 Å². The van der Waals surface area contributed by atoms with Gasteiger partial charge in [-0.1, -0.05) is 12.0 Å². The lowest BCUT2D eigenvalue weighted by molar-refractivity contribution is 0.107. The molecule has 2 aromatic carbocycles. The highest BCUT2D eigenvalue weighted by Crippen LogP contribution is 2.38. The van der Waals surface area contributed by atoms with Gasteiger partial charge in [0.1, 0.15) is 28.5 Å². The van der Waals surface area contributed by atoms with Crippen LogP contribution in [0.4, 0.5) is 10.2 Å². The van der Waals surface area contributed by atoms with Crippen molar-refractivity contribution in [2.24, 2.45) is 0 Å². The number of methoxy groups -OCH3 is 1. The number of aromatic hydroxyl groups is 1. The monoisotopic (exact) mass is 489 g/mol. The first-order valence-electron chi connectivity index (χ1n) is 11.6. The van der Waals surface area contributed by atoms with Gasteiger partial charge in [0.05, 0.1) is 24.3 Å². The summed E-state index contributed by atoms with van der Waals surface area (Å²) in [5.41, 5.74) is 0.373. The summed E-state index contributed by atoms with van der Waals surface area (Å²) in [4.78, 5) is 22.0. The van der Waals surface area contributed by atoms with Crippen molar-refractivity contribution in [1.82, 2.24) is 9.97 Å². The van der Waals surface area contributed by atoms with Crippen LogP contribution in [0.5, 0.6) is 11.8 Å². The Bertz CT molecular complexity index is 1590. The average molecular weight is 490 g/mol. The highest BCUT2D eigenvalue weighted by Gasteiger charge is 2.23. The molecule has 3 heterocycles. The zero-order valence-corrected chi connectivity index (χ0v) is 19.9. The summed E-state index contributed by atoms with van der Waals surface area (Å²) in [5.74, 6) is 2.08. The second kappa shape index (κ2) is 9.47. The maximum absolute atomic E-state index is 14.6. The molecule has 0 bridgehead atoms. The topological polar surface area (TPSA) is 107 Å². The molecule has 1 aliphatic rings. The molecule has 1 unspecified atom stereocenters. The molecule has 0 spiro atoms. The molecule has 4 aromatic rings. The number of benzene rings is 2. The fourth-order valence-corrected chi connectivity index (χ4v) is 4.68. The Balaban J connectivity index is 1.70. The first-order valence-corrected chi connectivity index (χ1v) is 11.6. The molecule has 2 aromatic heterocycles. The van der Waals surface area contributed by atoms with Crippen molar-refractivity contribution >= 4 is 27.5 Å². The third kappa shape index (κ3) is 4.10. The number of nitrogens with one attached hydrogen (secondary N) is 1. The molecule has 8 nitrogen and oxygen atoms in total. The number of terminal acetylenes is 1. The second-order valence-electron chi connectivity index (χ2n) is 8.63. The van der Waals surface area contributed by atoms with E-state index in [1.165, 1.54) is 31.4 Å². The largest absolute Gasteiger partial charge is 0.508 e. The van der Waals surface area contributed by atoms with Crippen molar-refractivity contribution in [1.29, 1.82) is 0 Å². The SMILES string of the molecule is C#Cc1c(F)ccc2cc(O)cc(-c3oc(=O)c4c(NCCC5CCCO5)nc(OC)nc4c3C)c12. The van der Waals surface area contributed by atoms with E-state index in [-0.39, 0.29) is 46.0 Å². The average Bonchev–Trinajstić information content (AvgIpc) is 3.39. The van der Waals surface area contributed by atoms with E-state index in [4.69, 9.17) is 20.3 Å². The molecule has 0 aliphatic carbocycles. The van der Waals surface area contributed by atoms with Crippen molar-refractivity contribution in [3.8, 4) is 35.4 Å². The number of anilines is 1. The Kier molecular flexibility index (Phi) is 6.20. The summed E-state index contributed by atoms with van der Waals surface area (Å²) < 4.78 is 31.3.